The zero-order chi connectivity index (χ0) is 46.7. The third kappa shape index (κ3) is 7.55. The van der Waals surface area contributed by atoms with Gasteiger partial charge in [-0.05, 0) is 97.1 Å². The number of hydrogen-bond donors (Lipinski definition) is 2. The number of aromatic nitrogens is 1. The molecule has 18 heteroatoms. The third-order valence-electron chi connectivity index (χ3n) is 12.9. The van der Waals surface area contributed by atoms with Crippen molar-refractivity contribution in [2.45, 2.75) is 30.4 Å². The lowest BCUT2D eigenvalue weighted by Crippen LogP contribution is -2.53. The minimum Gasteiger partial charge on any atom is -0.491 e. The van der Waals surface area contributed by atoms with Crippen molar-refractivity contribution >= 4 is 75.4 Å². The van der Waals surface area contributed by atoms with Gasteiger partial charge in [-0.25, -0.2) is 4.98 Å². The molecule has 338 valence electrons. The van der Waals surface area contributed by atoms with Crippen LogP contribution >= 0.6 is 23.2 Å². The number of pyridine rings is 1. The molecule has 13 nitrogen and oxygen atoms in total. The average Bonchev–Trinajstić information content (AvgIpc) is 3.68. The first-order valence-corrected chi connectivity index (χ1v) is 21.7. The highest BCUT2D eigenvalue weighted by Gasteiger charge is 2.71. The number of aliphatic hydroxyl groups excluding tert-OH is 1. The number of para-hydroxylation sites is 1. The number of ether oxygens (including phenoxy) is 1. The fourth-order valence-corrected chi connectivity index (χ4v) is 10.3. The average molecular weight is 939 g/mol. The number of amides is 4. The number of nitrogens with one attached hydrogen (secondary N) is 1. The molecule has 3 fully saturated rings. The molecule has 1 aromatic heterocycles. The minimum atomic E-state index is -4.77. The molecule has 3 heterocycles. The predicted molar refractivity (Wildman–Crippen MR) is 240 cm³/mol. The molecule has 2 aliphatic heterocycles. The van der Waals surface area contributed by atoms with Crippen LogP contribution in [0.5, 0.6) is 5.75 Å². The molecule has 4 amide bonds. The van der Waals surface area contributed by atoms with E-state index in [0.717, 1.165) is 15.6 Å². The number of fused-ring (bicyclic) bond motifs is 4. The lowest BCUT2D eigenvalue weighted by atomic mass is 9.49. The summed E-state index contributed by atoms with van der Waals surface area (Å²) in [6.45, 7) is -0.449. The molecule has 4 aromatic carbocycles. The van der Waals surface area contributed by atoms with Gasteiger partial charge in [-0.1, -0.05) is 65.2 Å². The Morgan fingerprint density at radius 3 is 2.18 bits per heavy atom. The second-order valence-electron chi connectivity index (χ2n) is 16.7. The Morgan fingerprint density at radius 2 is 1.55 bits per heavy atom. The van der Waals surface area contributed by atoms with E-state index in [1.165, 1.54) is 0 Å². The van der Waals surface area contributed by atoms with Crippen molar-refractivity contribution in [2.24, 2.45) is 33.9 Å². The molecule has 2 saturated heterocycles. The Balaban J connectivity index is 1.12. The fraction of sp³-hybridized carbons (Fsp3) is 0.271. The van der Waals surface area contributed by atoms with E-state index in [4.69, 9.17) is 27.9 Å². The van der Waals surface area contributed by atoms with Crippen molar-refractivity contribution in [3.8, 4) is 5.75 Å². The molecule has 6 unspecified atom stereocenters. The second-order valence-corrected chi connectivity index (χ2v) is 17.5. The number of azo groups is 1. The zero-order valence-corrected chi connectivity index (χ0v) is 36.8. The van der Waals surface area contributed by atoms with Crippen LogP contribution < -0.4 is 20.0 Å². The van der Waals surface area contributed by atoms with Gasteiger partial charge >= 0.3 is 6.18 Å². The second kappa shape index (κ2) is 17.3. The van der Waals surface area contributed by atoms with Gasteiger partial charge in [-0.2, -0.15) is 28.4 Å². The normalized spacial score (nSPS) is 23.8. The summed E-state index contributed by atoms with van der Waals surface area (Å²) < 4.78 is 46.9. The summed E-state index contributed by atoms with van der Waals surface area (Å²) in [6.07, 6.45) is -2.31. The van der Waals surface area contributed by atoms with Gasteiger partial charge < -0.3 is 14.7 Å². The number of allylic oxidation sites excluding steroid dienone is 2. The van der Waals surface area contributed by atoms with Crippen molar-refractivity contribution in [1.82, 2.24) is 9.99 Å². The van der Waals surface area contributed by atoms with E-state index in [1.807, 2.05) is 49.3 Å². The number of imide groups is 2. The number of aliphatic hydroxyl groups is 1. The van der Waals surface area contributed by atoms with Crippen LogP contribution in [-0.2, 0) is 30.8 Å². The smallest absolute Gasteiger partial charge is 0.417 e. The van der Waals surface area contributed by atoms with Crippen molar-refractivity contribution in [3.05, 3.63) is 148 Å². The van der Waals surface area contributed by atoms with Gasteiger partial charge in [0.25, 0.3) is 11.8 Å². The maximum absolute atomic E-state index is 15.6. The zero-order valence-electron chi connectivity index (χ0n) is 35.2. The summed E-state index contributed by atoms with van der Waals surface area (Å²) in [4.78, 5) is 66.9. The van der Waals surface area contributed by atoms with Crippen LogP contribution in [0.25, 0.3) is 0 Å². The summed E-state index contributed by atoms with van der Waals surface area (Å²) in [5.41, 5.74) is 3.63. The molecular formula is C48H40Cl2F3N7O6. The number of halogens is 5. The largest absolute Gasteiger partial charge is 0.491 e. The summed E-state index contributed by atoms with van der Waals surface area (Å²) in [5, 5.41) is 19.0. The van der Waals surface area contributed by atoms with Crippen LogP contribution in [0, 0.1) is 23.7 Å². The van der Waals surface area contributed by atoms with Crippen LogP contribution in [0.3, 0.4) is 0 Å². The summed E-state index contributed by atoms with van der Waals surface area (Å²) in [6, 6.07) is 28.0. The number of carbonyl (C=O) groups excluding carboxylic acids is 4. The lowest BCUT2D eigenvalue weighted by Gasteiger charge is -2.50. The molecule has 2 N–H and O–H groups in total. The standard InChI is InChI=1S/C48H40Cl2F3N7O6/c1-58(2)31-15-11-29(12-16-31)55-56-30-13-17-32(18-14-30)59-43(62)35-20-19-33-36(40(35)45(59)64)24-37-44(63)60(57-42-38(50)23-27(25-54-42)48(51,52)53)46(65)47(37,26-7-9-28(49)10-8-26)41(33)34-5-3-4-6-39(34)66-22-21-61/h3-19,23,25,35-37,40-41,61H,20-22,24H2,1-2H3,(H,54,57). The van der Waals surface area contributed by atoms with E-state index in [0.29, 0.717) is 56.8 Å². The van der Waals surface area contributed by atoms with Gasteiger partial charge in [0.1, 0.15) is 12.4 Å². The van der Waals surface area contributed by atoms with E-state index in [9.17, 15) is 27.9 Å². The van der Waals surface area contributed by atoms with E-state index < -0.39 is 75.4 Å². The van der Waals surface area contributed by atoms with E-state index in [1.54, 1.807) is 72.8 Å². The van der Waals surface area contributed by atoms with E-state index >= 15 is 9.59 Å². The van der Waals surface area contributed by atoms with Crippen molar-refractivity contribution < 1.29 is 42.2 Å². The van der Waals surface area contributed by atoms with Crippen molar-refractivity contribution in [1.29, 1.82) is 0 Å². The molecule has 0 radical (unpaired) electrons. The molecule has 0 spiro atoms. The molecule has 6 atom stereocenters. The maximum atomic E-state index is 15.6. The molecule has 2 aliphatic carbocycles. The highest BCUT2D eigenvalue weighted by Crippen LogP contribution is 2.65. The highest BCUT2D eigenvalue weighted by atomic mass is 35.5. The number of hydrazine groups is 1. The molecule has 5 aromatic rings. The first-order valence-electron chi connectivity index (χ1n) is 21.0. The van der Waals surface area contributed by atoms with Gasteiger partial charge in [-0.15, -0.1) is 0 Å². The third-order valence-corrected chi connectivity index (χ3v) is 13.4. The first kappa shape index (κ1) is 44.6. The van der Waals surface area contributed by atoms with E-state index in [2.05, 4.69) is 20.6 Å². The van der Waals surface area contributed by atoms with Crippen LogP contribution in [0.15, 0.2) is 131 Å². The van der Waals surface area contributed by atoms with Gasteiger partial charge in [0, 0.05) is 42.5 Å². The lowest BCUT2D eigenvalue weighted by molar-refractivity contribution is -0.139. The Hall–Kier alpha value is -6.62. The molecular weight excluding hydrogens is 898 g/mol. The Labute approximate surface area is 386 Å². The van der Waals surface area contributed by atoms with Crippen LogP contribution in [0.1, 0.15) is 35.4 Å². The van der Waals surface area contributed by atoms with Gasteiger partial charge in [0.15, 0.2) is 5.82 Å². The molecule has 1 saturated carbocycles. The van der Waals surface area contributed by atoms with Crippen LogP contribution in [-0.4, -0.2) is 66.0 Å². The number of alkyl halides is 3. The molecule has 4 aliphatic rings. The summed E-state index contributed by atoms with van der Waals surface area (Å²) in [7, 11) is 3.87. The van der Waals surface area contributed by atoms with Crippen LogP contribution in [0.4, 0.5) is 41.7 Å². The van der Waals surface area contributed by atoms with Gasteiger partial charge in [0.05, 0.1) is 57.4 Å². The van der Waals surface area contributed by atoms with Crippen LogP contribution in [0.2, 0.25) is 10.0 Å². The molecule has 0 bridgehead atoms. The number of anilines is 3. The Kier molecular flexibility index (Phi) is 11.7. The van der Waals surface area contributed by atoms with E-state index in [-0.39, 0.29) is 31.9 Å². The highest BCUT2D eigenvalue weighted by molar-refractivity contribution is 6.33. The van der Waals surface area contributed by atoms with Crippen molar-refractivity contribution in [2.75, 3.05) is 42.5 Å². The Bertz CT molecular complexity index is 2810. The monoisotopic (exact) mass is 937 g/mol. The summed E-state index contributed by atoms with van der Waals surface area (Å²) >= 11 is 12.7. The fourth-order valence-electron chi connectivity index (χ4n) is 9.99. The molecule has 66 heavy (non-hydrogen) atoms. The SMILES string of the molecule is CN(C)c1ccc(N=Nc2ccc(N3C(=O)C4CC=C5C(CC6C(=O)N(Nc7ncc(C(F)(F)F)cc7Cl)C(=O)C6(c6ccc(Cl)cc6)C5c5ccccc5OCCO)C4C3=O)cc2)cc1. The predicted octanol–water partition coefficient (Wildman–Crippen LogP) is 9.45. The Morgan fingerprint density at radius 1 is 0.879 bits per heavy atom. The maximum Gasteiger partial charge on any atom is 0.417 e. The van der Waals surface area contributed by atoms with Gasteiger partial charge in [0.2, 0.25) is 11.8 Å². The number of benzene rings is 4. The number of nitrogens with zero attached hydrogens (tertiary/aromatic N) is 6. The quantitative estimate of drug-likeness (QED) is 0.0748. The van der Waals surface area contributed by atoms with Crippen molar-refractivity contribution in [3.63, 3.8) is 0 Å². The number of carbonyl (C=O) groups is 4. The van der Waals surface area contributed by atoms with Gasteiger partial charge in [-0.3, -0.25) is 29.5 Å². The number of hydrogen-bond acceptors (Lipinski definition) is 11. The first-order chi connectivity index (χ1) is 31.6. The number of rotatable bonds is 11. The summed E-state index contributed by atoms with van der Waals surface area (Å²) in [5.74, 6) is -7.31. The minimum absolute atomic E-state index is 0.0789. The topological polar surface area (TPSA) is 157 Å². The molecule has 9 rings (SSSR count).